The van der Waals surface area contributed by atoms with Crippen LogP contribution < -0.4 is 15.4 Å². The number of carbonyl (C=O) groups excluding carboxylic acids is 1. The number of aromatic amines is 1. The van der Waals surface area contributed by atoms with Crippen LogP contribution in [0.3, 0.4) is 0 Å². The molecule has 0 bridgehead atoms. The first kappa shape index (κ1) is 17.3. The molecule has 0 unspecified atom stereocenters. The summed E-state index contributed by atoms with van der Waals surface area (Å²) in [7, 11) is 1.83. The van der Waals surface area contributed by atoms with Crippen molar-refractivity contribution < 1.29 is 9.53 Å². The monoisotopic (exact) mass is 387 g/mol. The van der Waals surface area contributed by atoms with Gasteiger partial charge in [-0.25, -0.2) is 0 Å². The summed E-state index contributed by atoms with van der Waals surface area (Å²) in [6, 6.07) is 0.0764. The Morgan fingerprint density at radius 1 is 1.48 bits per heavy atom. The Bertz CT molecular complexity index is 1010. The van der Waals surface area contributed by atoms with Crippen molar-refractivity contribution in [3.8, 4) is 5.88 Å². The standard InChI is InChI=1S/C17H18ClN7O2/c1-3-13(26)21-9-4-11(5-9)27-16-14-12(18)7-19-15(14)23-17(24-16)22-10-6-20-25(2)8-10/h3,6-9,11H,1,4-5H2,2H3,(H,21,26)(H2,19,22,23,24). The third-order valence-corrected chi connectivity index (χ3v) is 4.61. The van der Waals surface area contributed by atoms with Crippen molar-refractivity contribution in [3.05, 3.63) is 36.3 Å². The van der Waals surface area contributed by atoms with Gasteiger partial charge in [-0.1, -0.05) is 18.2 Å². The number of aromatic nitrogens is 5. The van der Waals surface area contributed by atoms with E-state index in [0.29, 0.717) is 40.7 Å². The van der Waals surface area contributed by atoms with Gasteiger partial charge in [-0.2, -0.15) is 15.1 Å². The zero-order valence-electron chi connectivity index (χ0n) is 14.6. The zero-order valence-corrected chi connectivity index (χ0v) is 15.3. The number of fused-ring (bicyclic) bond motifs is 1. The first-order valence-electron chi connectivity index (χ1n) is 8.41. The summed E-state index contributed by atoms with van der Waals surface area (Å²) in [5, 5.41) is 11.2. The van der Waals surface area contributed by atoms with Crippen LogP contribution in [0.5, 0.6) is 5.88 Å². The lowest BCUT2D eigenvalue weighted by Gasteiger charge is -2.35. The highest BCUT2D eigenvalue weighted by atomic mass is 35.5. The largest absolute Gasteiger partial charge is 0.474 e. The van der Waals surface area contributed by atoms with Crippen LogP contribution in [-0.2, 0) is 11.8 Å². The summed E-state index contributed by atoms with van der Waals surface area (Å²) in [6.45, 7) is 3.45. The Morgan fingerprint density at radius 3 is 3.00 bits per heavy atom. The quantitative estimate of drug-likeness (QED) is 0.560. The normalized spacial score (nSPS) is 18.7. The van der Waals surface area contributed by atoms with E-state index in [1.54, 1.807) is 17.1 Å². The van der Waals surface area contributed by atoms with E-state index in [1.165, 1.54) is 6.08 Å². The molecule has 1 fully saturated rings. The molecule has 3 aromatic heterocycles. The molecule has 0 aliphatic heterocycles. The minimum absolute atomic E-state index is 0.0598. The summed E-state index contributed by atoms with van der Waals surface area (Å²) >= 11 is 6.26. The molecule has 1 saturated carbocycles. The summed E-state index contributed by atoms with van der Waals surface area (Å²) in [5.74, 6) is 0.593. The molecule has 3 N–H and O–H groups in total. The van der Waals surface area contributed by atoms with Crippen molar-refractivity contribution in [2.75, 3.05) is 5.32 Å². The topological polar surface area (TPSA) is 110 Å². The van der Waals surface area contributed by atoms with E-state index in [-0.39, 0.29) is 18.1 Å². The van der Waals surface area contributed by atoms with Crippen LogP contribution in [0.1, 0.15) is 12.8 Å². The van der Waals surface area contributed by atoms with E-state index in [0.717, 1.165) is 5.69 Å². The maximum atomic E-state index is 11.4. The number of aryl methyl sites for hydroxylation is 1. The predicted molar refractivity (Wildman–Crippen MR) is 101 cm³/mol. The first-order valence-corrected chi connectivity index (χ1v) is 8.79. The third-order valence-electron chi connectivity index (χ3n) is 4.32. The number of anilines is 2. The average Bonchev–Trinajstić information content (AvgIpc) is 3.18. The number of hydrogen-bond acceptors (Lipinski definition) is 6. The minimum atomic E-state index is -0.181. The number of carbonyl (C=O) groups is 1. The summed E-state index contributed by atoms with van der Waals surface area (Å²) in [4.78, 5) is 23.3. The van der Waals surface area contributed by atoms with Gasteiger partial charge in [0, 0.05) is 38.3 Å². The fourth-order valence-corrected chi connectivity index (χ4v) is 3.14. The lowest BCUT2D eigenvalue weighted by atomic mass is 9.89. The molecular weight excluding hydrogens is 370 g/mol. The number of amides is 1. The van der Waals surface area contributed by atoms with Crippen molar-refractivity contribution in [2.24, 2.45) is 7.05 Å². The van der Waals surface area contributed by atoms with Gasteiger partial charge in [0.25, 0.3) is 0 Å². The number of hydrogen-bond donors (Lipinski definition) is 3. The zero-order chi connectivity index (χ0) is 19.0. The maximum absolute atomic E-state index is 11.4. The molecule has 0 radical (unpaired) electrons. The van der Waals surface area contributed by atoms with E-state index in [9.17, 15) is 4.79 Å². The van der Waals surface area contributed by atoms with Gasteiger partial charge in [0.2, 0.25) is 17.7 Å². The SMILES string of the molecule is C=CC(=O)NC1CC(Oc2nc(Nc3cnn(C)c3)nc3[nH]cc(Cl)c23)C1. The van der Waals surface area contributed by atoms with E-state index >= 15 is 0 Å². The Kier molecular flexibility index (Phi) is 4.44. The molecule has 0 aromatic carbocycles. The average molecular weight is 388 g/mol. The molecule has 140 valence electrons. The molecule has 0 saturated heterocycles. The van der Waals surface area contributed by atoms with Crippen LogP contribution in [-0.4, -0.2) is 42.8 Å². The highest BCUT2D eigenvalue weighted by molar-refractivity contribution is 6.35. The fourth-order valence-electron chi connectivity index (χ4n) is 2.92. The second kappa shape index (κ2) is 6.92. The number of halogens is 1. The molecule has 27 heavy (non-hydrogen) atoms. The van der Waals surface area contributed by atoms with E-state index in [1.807, 2.05) is 13.2 Å². The second-order valence-corrected chi connectivity index (χ2v) is 6.77. The van der Waals surface area contributed by atoms with Crippen molar-refractivity contribution in [1.29, 1.82) is 0 Å². The molecular formula is C17H18ClN7O2. The lowest BCUT2D eigenvalue weighted by molar-refractivity contribution is -0.118. The van der Waals surface area contributed by atoms with Gasteiger partial charge in [-0.15, -0.1) is 0 Å². The molecule has 0 spiro atoms. The van der Waals surface area contributed by atoms with Gasteiger partial charge < -0.3 is 20.4 Å². The smallest absolute Gasteiger partial charge is 0.243 e. The van der Waals surface area contributed by atoms with Crippen LogP contribution in [0.4, 0.5) is 11.6 Å². The van der Waals surface area contributed by atoms with E-state index in [4.69, 9.17) is 16.3 Å². The summed E-state index contributed by atoms with van der Waals surface area (Å²) in [5.41, 5.74) is 1.34. The van der Waals surface area contributed by atoms with Crippen LogP contribution in [0, 0.1) is 0 Å². The van der Waals surface area contributed by atoms with Gasteiger partial charge in [0.1, 0.15) is 11.8 Å². The molecule has 0 atom stereocenters. The van der Waals surface area contributed by atoms with Gasteiger partial charge >= 0.3 is 0 Å². The van der Waals surface area contributed by atoms with Crippen LogP contribution in [0.25, 0.3) is 11.0 Å². The number of H-pyrrole nitrogens is 1. The molecule has 9 nitrogen and oxygen atoms in total. The third kappa shape index (κ3) is 3.59. The molecule has 1 aliphatic carbocycles. The van der Waals surface area contributed by atoms with Crippen LogP contribution >= 0.6 is 11.6 Å². The Labute approximate surface area is 159 Å². The maximum Gasteiger partial charge on any atom is 0.243 e. The molecule has 10 heteroatoms. The van der Waals surface area contributed by atoms with Crippen molar-refractivity contribution >= 4 is 40.2 Å². The first-order chi connectivity index (χ1) is 13.0. The second-order valence-electron chi connectivity index (χ2n) is 6.36. The minimum Gasteiger partial charge on any atom is -0.474 e. The van der Waals surface area contributed by atoms with Crippen molar-refractivity contribution in [2.45, 2.75) is 25.0 Å². The predicted octanol–water partition coefficient (Wildman–Crippen LogP) is 2.30. The highest BCUT2D eigenvalue weighted by Crippen LogP contribution is 2.34. The van der Waals surface area contributed by atoms with Crippen molar-refractivity contribution in [1.82, 2.24) is 30.0 Å². The molecule has 4 rings (SSSR count). The van der Waals surface area contributed by atoms with Gasteiger partial charge in [-0.05, 0) is 6.08 Å². The number of nitrogens with one attached hydrogen (secondary N) is 3. The van der Waals surface area contributed by atoms with Gasteiger partial charge in [-0.3, -0.25) is 9.48 Å². The molecule has 1 amide bonds. The fraction of sp³-hybridized carbons (Fsp3) is 0.294. The number of ether oxygens (including phenoxy) is 1. The summed E-state index contributed by atoms with van der Waals surface area (Å²) < 4.78 is 7.71. The highest BCUT2D eigenvalue weighted by Gasteiger charge is 2.32. The Balaban J connectivity index is 1.53. The molecule has 3 aromatic rings. The molecule has 1 aliphatic rings. The van der Waals surface area contributed by atoms with E-state index < -0.39 is 0 Å². The van der Waals surface area contributed by atoms with Gasteiger partial charge in [0.05, 0.1) is 22.3 Å². The Morgan fingerprint density at radius 2 is 2.30 bits per heavy atom. The van der Waals surface area contributed by atoms with Crippen molar-refractivity contribution in [3.63, 3.8) is 0 Å². The van der Waals surface area contributed by atoms with Gasteiger partial charge in [0.15, 0.2) is 0 Å². The van der Waals surface area contributed by atoms with E-state index in [2.05, 4.69) is 37.3 Å². The Hall–Kier alpha value is -3.07. The number of nitrogens with zero attached hydrogens (tertiary/aromatic N) is 4. The lowest BCUT2D eigenvalue weighted by Crippen LogP contribution is -2.48. The van der Waals surface area contributed by atoms with Crippen LogP contribution in [0.2, 0.25) is 5.02 Å². The molecule has 3 heterocycles. The summed E-state index contributed by atoms with van der Waals surface area (Å²) in [6.07, 6.45) is 7.73. The van der Waals surface area contributed by atoms with Crippen LogP contribution in [0.15, 0.2) is 31.2 Å². The number of rotatable bonds is 6.